The third-order valence-electron chi connectivity index (χ3n) is 8.36. The average molecular weight is 794 g/mol. The standard InChI is InChI=1S/2C18H14N4O5.Cu/c2*1-10-5-6-12(8-11(10)2)20-18(23)16-15(22(26)27)9-14(21(24)25)13-4-3-7-19-17(13)16;/h2*3-9H,1-2H3,(H,20,23);/q;;+2/p-2. The molecule has 2 amide bonds. The Labute approximate surface area is 320 Å². The number of fused-ring (bicyclic) bond motifs is 2. The van der Waals surface area contributed by atoms with Crippen molar-refractivity contribution < 1.29 is 46.4 Å². The Balaban J connectivity index is 0.000000240. The zero-order valence-electron chi connectivity index (χ0n) is 29.0. The van der Waals surface area contributed by atoms with E-state index in [9.17, 15) is 50.0 Å². The number of carbonyl (C=O) groups is 2. The van der Waals surface area contributed by atoms with Crippen molar-refractivity contribution in [1.29, 1.82) is 0 Å². The molecule has 0 N–H and O–H groups in total. The molecule has 0 saturated heterocycles. The zero-order valence-corrected chi connectivity index (χ0v) is 30.0. The van der Waals surface area contributed by atoms with E-state index in [0.717, 1.165) is 34.4 Å². The summed E-state index contributed by atoms with van der Waals surface area (Å²) in [5.41, 5.74) is 1.10. The van der Waals surface area contributed by atoms with Gasteiger partial charge in [-0.25, -0.2) is 0 Å². The summed E-state index contributed by atoms with van der Waals surface area (Å²) in [6.07, 6.45) is 2.62. The molecule has 1 radical (unpaired) electrons. The number of amides is 2. The van der Waals surface area contributed by atoms with Crippen LogP contribution in [0.25, 0.3) is 32.4 Å². The minimum atomic E-state index is -0.886. The van der Waals surface area contributed by atoms with E-state index >= 15 is 0 Å². The molecular formula is C36H26CuN8O10. The third-order valence-corrected chi connectivity index (χ3v) is 8.36. The van der Waals surface area contributed by atoms with Gasteiger partial charge in [0.15, 0.2) is 0 Å². The summed E-state index contributed by atoms with van der Waals surface area (Å²) in [7, 11) is 0. The Hall–Kier alpha value is -7.24. The predicted molar refractivity (Wildman–Crippen MR) is 197 cm³/mol. The molecule has 0 aliphatic heterocycles. The number of non-ortho nitro benzene ring substituents is 2. The molecule has 18 nitrogen and oxygen atoms in total. The second-order valence-electron chi connectivity index (χ2n) is 11.8. The summed E-state index contributed by atoms with van der Waals surface area (Å²) in [6, 6.07) is 17.4. The Morgan fingerprint density at radius 1 is 0.509 bits per heavy atom. The van der Waals surface area contributed by atoms with E-state index in [4.69, 9.17) is 0 Å². The minimum absolute atomic E-state index is 0. The number of benzene rings is 4. The second-order valence-corrected chi connectivity index (χ2v) is 11.8. The maximum Gasteiger partial charge on any atom is 2.00 e. The maximum absolute atomic E-state index is 12.7. The van der Waals surface area contributed by atoms with Gasteiger partial charge < -0.3 is 20.2 Å². The molecule has 19 heteroatoms. The van der Waals surface area contributed by atoms with Gasteiger partial charge in [0.1, 0.15) is 11.1 Å². The molecule has 2 heterocycles. The zero-order chi connectivity index (χ0) is 39.4. The average Bonchev–Trinajstić information content (AvgIpc) is 3.13. The van der Waals surface area contributed by atoms with Crippen LogP contribution in [0.5, 0.6) is 0 Å². The van der Waals surface area contributed by atoms with Gasteiger partial charge in [0, 0.05) is 12.4 Å². The van der Waals surface area contributed by atoms with Gasteiger partial charge in [0.2, 0.25) is 0 Å². The van der Waals surface area contributed by atoms with Crippen LogP contribution in [0.15, 0.2) is 85.2 Å². The Morgan fingerprint density at radius 3 is 1.16 bits per heavy atom. The van der Waals surface area contributed by atoms with Crippen molar-refractivity contribution >= 4 is 67.7 Å². The molecule has 0 bridgehead atoms. The fourth-order valence-corrected chi connectivity index (χ4v) is 5.37. The van der Waals surface area contributed by atoms with Crippen LogP contribution in [-0.4, -0.2) is 41.5 Å². The minimum Gasteiger partial charge on any atom is -0.622 e. The van der Waals surface area contributed by atoms with Crippen molar-refractivity contribution in [2.75, 3.05) is 0 Å². The van der Waals surface area contributed by atoms with Crippen molar-refractivity contribution in [1.82, 2.24) is 9.97 Å². The summed E-state index contributed by atoms with van der Waals surface area (Å²) >= 11 is 0. The van der Waals surface area contributed by atoms with Crippen molar-refractivity contribution in [2.24, 2.45) is 0 Å². The van der Waals surface area contributed by atoms with E-state index in [-0.39, 0.29) is 50.0 Å². The summed E-state index contributed by atoms with van der Waals surface area (Å²) in [5, 5.41) is 53.4. The van der Waals surface area contributed by atoms with Gasteiger partial charge in [-0.05, 0) is 74.2 Å². The van der Waals surface area contributed by atoms with Crippen molar-refractivity contribution in [2.45, 2.75) is 27.7 Å². The van der Waals surface area contributed by atoms with E-state index in [1.165, 1.54) is 36.7 Å². The first-order chi connectivity index (χ1) is 25.6. The first kappa shape index (κ1) is 40.5. The number of hydrogen-bond acceptors (Lipinski definition) is 12. The second kappa shape index (κ2) is 16.6. The summed E-state index contributed by atoms with van der Waals surface area (Å²) in [6.45, 7) is 7.51. The topological polar surface area (TPSA) is 261 Å². The third kappa shape index (κ3) is 8.54. The molecule has 2 aromatic heterocycles. The first-order valence-corrected chi connectivity index (χ1v) is 15.7. The molecule has 281 valence electrons. The summed E-state index contributed by atoms with van der Waals surface area (Å²) < 4.78 is 0. The van der Waals surface area contributed by atoms with Gasteiger partial charge in [0.05, 0.1) is 65.4 Å². The van der Waals surface area contributed by atoms with Gasteiger partial charge in [-0.1, -0.05) is 36.4 Å². The molecule has 0 aliphatic carbocycles. The predicted octanol–water partition coefficient (Wildman–Crippen LogP) is 9.02. The Bertz CT molecular complexity index is 2400. The molecule has 55 heavy (non-hydrogen) atoms. The Kier molecular flexibility index (Phi) is 12.2. The van der Waals surface area contributed by atoms with Crippen LogP contribution >= 0.6 is 0 Å². The molecule has 6 rings (SSSR count). The van der Waals surface area contributed by atoms with Crippen LogP contribution in [0.2, 0.25) is 0 Å². The summed E-state index contributed by atoms with van der Waals surface area (Å²) in [4.78, 5) is 75.7. The molecule has 0 spiro atoms. The van der Waals surface area contributed by atoms with Gasteiger partial charge in [-0.15, -0.1) is 11.4 Å². The number of nitrogens with zero attached hydrogens (tertiary/aromatic N) is 8. The van der Waals surface area contributed by atoms with Crippen molar-refractivity contribution in [3.63, 3.8) is 0 Å². The van der Waals surface area contributed by atoms with E-state index in [0.29, 0.717) is 11.4 Å². The van der Waals surface area contributed by atoms with E-state index in [1.54, 1.807) is 36.4 Å². The normalized spacial score (nSPS) is 10.4. The fraction of sp³-hybridized carbons (Fsp3) is 0.111. The molecule has 0 fully saturated rings. The van der Waals surface area contributed by atoms with Crippen molar-refractivity contribution in [3.8, 4) is 0 Å². The molecule has 0 aliphatic rings. The van der Waals surface area contributed by atoms with E-state index in [2.05, 4.69) is 20.6 Å². The number of hydrogen-bond donors (Lipinski definition) is 0. The number of carbonyl (C=O) groups excluding carboxylic acids is 2. The number of aryl methyl sites for hydroxylation is 4. The van der Waals surface area contributed by atoms with Crippen LogP contribution in [0, 0.1) is 68.2 Å². The number of rotatable bonds is 8. The molecule has 0 atom stereocenters. The quantitative estimate of drug-likeness (QED) is 0.0793. The fourth-order valence-electron chi connectivity index (χ4n) is 5.37. The van der Waals surface area contributed by atoms with Gasteiger partial charge in [0.25, 0.3) is 22.7 Å². The molecule has 0 unspecified atom stereocenters. The first-order valence-electron chi connectivity index (χ1n) is 15.7. The number of aromatic nitrogens is 2. The van der Waals surface area contributed by atoms with Gasteiger partial charge >= 0.3 is 17.1 Å². The molecule has 0 saturated carbocycles. The van der Waals surface area contributed by atoms with Crippen LogP contribution in [-0.2, 0) is 17.1 Å². The molecule has 6 aromatic rings. The van der Waals surface area contributed by atoms with E-state index < -0.39 is 54.3 Å². The maximum atomic E-state index is 12.7. The van der Waals surface area contributed by atoms with Crippen molar-refractivity contribution in [3.05, 3.63) is 170 Å². The van der Waals surface area contributed by atoms with E-state index in [1.807, 2.05) is 27.7 Å². The van der Waals surface area contributed by atoms with Crippen LogP contribution in [0.4, 0.5) is 34.1 Å². The largest absolute Gasteiger partial charge is 2.00 e. The number of pyridine rings is 2. The van der Waals surface area contributed by atoms with Gasteiger partial charge in [-0.3, -0.25) is 50.4 Å². The van der Waals surface area contributed by atoms with Crippen LogP contribution in [0.3, 0.4) is 0 Å². The smallest absolute Gasteiger partial charge is 0.622 e. The van der Waals surface area contributed by atoms with Crippen LogP contribution in [0.1, 0.15) is 43.0 Å². The Morgan fingerprint density at radius 2 is 0.855 bits per heavy atom. The van der Waals surface area contributed by atoms with Crippen LogP contribution < -0.4 is 0 Å². The monoisotopic (exact) mass is 793 g/mol. The number of nitro groups is 4. The molecule has 4 aromatic carbocycles. The molecular weight excluding hydrogens is 768 g/mol. The number of nitro benzene ring substituents is 4. The SMILES string of the molecule is Cc1ccc([N-]C(=O)c2c([N+](=O)[O-])cc([N+](=O)[O-])c3cccnc23)cc1C.Cc1ccc([N-]C(=O)c2c([N+](=O)[O-])cc([N+](=O)[O-])c3cccnc23)cc1C.[Cu+2]. The van der Waals surface area contributed by atoms with Gasteiger partial charge in [-0.2, -0.15) is 0 Å². The summed E-state index contributed by atoms with van der Waals surface area (Å²) in [5.74, 6) is -1.77.